The number of rotatable bonds is 4. The zero-order valence-electron chi connectivity index (χ0n) is 9.03. The maximum atomic E-state index is 11.4. The minimum absolute atomic E-state index is 0.0174. The third kappa shape index (κ3) is 3.20. The van der Waals surface area contributed by atoms with Gasteiger partial charge in [-0.15, -0.1) is 0 Å². The van der Waals surface area contributed by atoms with Crippen LogP contribution >= 0.6 is 0 Å². The molecule has 5 heteroatoms. The first kappa shape index (κ1) is 12.0. The van der Waals surface area contributed by atoms with Gasteiger partial charge in [0, 0.05) is 13.2 Å². The Kier molecular flexibility index (Phi) is 4.08. The molecule has 3 unspecified atom stereocenters. The SMILES string of the molecule is COC(C)C(=O)NC1CCC(C(=O)O)C1. The van der Waals surface area contributed by atoms with Gasteiger partial charge in [-0.3, -0.25) is 9.59 Å². The van der Waals surface area contributed by atoms with Crippen LogP contribution in [0, 0.1) is 5.92 Å². The van der Waals surface area contributed by atoms with Crippen LogP contribution in [0.4, 0.5) is 0 Å². The Labute approximate surface area is 88.8 Å². The average molecular weight is 215 g/mol. The molecule has 0 bridgehead atoms. The maximum absolute atomic E-state index is 11.4. The fourth-order valence-electron chi connectivity index (χ4n) is 1.76. The smallest absolute Gasteiger partial charge is 0.306 e. The summed E-state index contributed by atoms with van der Waals surface area (Å²) < 4.78 is 4.87. The number of nitrogens with one attached hydrogen (secondary N) is 1. The largest absolute Gasteiger partial charge is 0.481 e. The molecule has 2 N–H and O–H groups in total. The first-order chi connectivity index (χ1) is 7.04. The van der Waals surface area contributed by atoms with Crippen LogP contribution in [0.3, 0.4) is 0 Å². The van der Waals surface area contributed by atoms with E-state index in [9.17, 15) is 9.59 Å². The van der Waals surface area contributed by atoms with Crippen molar-refractivity contribution in [1.29, 1.82) is 0 Å². The Hall–Kier alpha value is -1.10. The van der Waals surface area contributed by atoms with Gasteiger partial charge < -0.3 is 15.2 Å². The quantitative estimate of drug-likeness (QED) is 0.711. The van der Waals surface area contributed by atoms with E-state index >= 15 is 0 Å². The molecule has 86 valence electrons. The molecule has 15 heavy (non-hydrogen) atoms. The summed E-state index contributed by atoms with van der Waals surface area (Å²) in [6.45, 7) is 1.67. The molecule has 0 spiro atoms. The molecule has 1 rings (SSSR count). The second-order valence-electron chi connectivity index (χ2n) is 3.93. The topological polar surface area (TPSA) is 75.6 Å². The van der Waals surface area contributed by atoms with Gasteiger partial charge in [0.05, 0.1) is 5.92 Å². The highest BCUT2D eigenvalue weighted by Crippen LogP contribution is 2.25. The summed E-state index contributed by atoms with van der Waals surface area (Å²) in [6, 6.07) is -0.0174. The maximum Gasteiger partial charge on any atom is 0.306 e. The van der Waals surface area contributed by atoms with Gasteiger partial charge in [-0.05, 0) is 26.2 Å². The molecule has 0 aliphatic heterocycles. The predicted octanol–water partition coefficient (Wildman–Crippen LogP) is 0.391. The first-order valence-electron chi connectivity index (χ1n) is 5.10. The summed E-state index contributed by atoms with van der Waals surface area (Å²) in [4.78, 5) is 22.1. The van der Waals surface area contributed by atoms with Gasteiger partial charge in [0.1, 0.15) is 6.10 Å². The fraction of sp³-hybridized carbons (Fsp3) is 0.800. The molecule has 3 atom stereocenters. The van der Waals surface area contributed by atoms with Crippen molar-refractivity contribution < 1.29 is 19.4 Å². The lowest BCUT2D eigenvalue weighted by Gasteiger charge is -2.15. The number of carbonyl (C=O) groups excluding carboxylic acids is 1. The van der Waals surface area contributed by atoms with Gasteiger partial charge in [0.2, 0.25) is 5.91 Å². The second kappa shape index (κ2) is 5.11. The van der Waals surface area contributed by atoms with E-state index in [-0.39, 0.29) is 17.9 Å². The minimum atomic E-state index is -0.772. The highest BCUT2D eigenvalue weighted by Gasteiger charge is 2.31. The molecule has 1 saturated carbocycles. The van der Waals surface area contributed by atoms with Crippen molar-refractivity contribution in [1.82, 2.24) is 5.32 Å². The number of carboxylic acid groups (broad SMARTS) is 1. The van der Waals surface area contributed by atoms with Gasteiger partial charge in [-0.1, -0.05) is 0 Å². The van der Waals surface area contributed by atoms with E-state index in [1.807, 2.05) is 0 Å². The Morgan fingerprint density at radius 3 is 2.60 bits per heavy atom. The van der Waals surface area contributed by atoms with Gasteiger partial charge in [-0.25, -0.2) is 0 Å². The van der Waals surface area contributed by atoms with Gasteiger partial charge in [0.25, 0.3) is 0 Å². The molecular weight excluding hydrogens is 198 g/mol. The number of aliphatic carboxylic acids is 1. The van der Waals surface area contributed by atoms with Crippen molar-refractivity contribution >= 4 is 11.9 Å². The van der Waals surface area contributed by atoms with Crippen LogP contribution in [0.1, 0.15) is 26.2 Å². The Balaban J connectivity index is 2.36. The molecule has 0 heterocycles. The molecule has 0 radical (unpaired) electrons. The molecular formula is C10H17NO4. The lowest BCUT2D eigenvalue weighted by molar-refractivity contribution is -0.141. The van der Waals surface area contributed by atoms with Crippen molar-refractivity contribution in [3.63, 3.8) is 0 Å². The zero-order valence-corrected chi connectivity index (χ0v) is 9.03. The summed E-state index contributed by atoms with van der Waals surface area (Å²) in [7, 11) is 1.47. The summed E-state index contributed by atoms with van der Waals surface area (Å²) in [6.07, 6.45) is 1.42. The first-order valence-corrected chi connectivity index (χ1v) is 5.10. The Bertz CT molecular complexity index is 254. The monoisotopic (exact) mass is 215 g/mol. The molecule has 0 saturated heterocycles. The van der Waals surface area contributed by atoms with Crippen LogP contribution in [-0.4, -0.2) is 36.2 Å². The van der Waals surface area contributed by atoms with Crippen molar-refractivity contribution in [3.8, 4) is 0 Å². The van der Waals surface area contributed by atoms with E-state index in [0.717, 1.165) is 6.42 Å². The third-order valence-electron chi connectivity index (χ3n) is 2.85. The third-order valence-corrected chi connectivity index (χ3v) is 2.85. The second-order valence-corrected chi connectivity index (χ2v) is 3.93. The molecule has 0 aromatic heterocycles. The number of carboxylic acids is 1. The van der Waals surface area contributed by atoms with Crippen LogP contribution in [0.15, 0.2) is 0 Å². The van der Waals surface area contributed by atoms with E-state index in [1.165, 1.54) is 7.11 Å². The number of carbonyl (C=O) groups is 2. The van der Waals surface area contributed by atoms with Gasteiger partial charge >= 0.3 is 5.97 Å². The van der Waals surface area contributed by atoms with Crippen LogP contribution in [0.25, 0.3) is 0 Å². The fourth-order valence-corrected chi connectivity index (χ4v) is 1.76. The lowest BCUT2D eigenvalue weighted by atomic mass is 10.1. The van der Waals surface area contributed by atoms with E-state index in [0.29, 0.717) is 12.8 Å². The van der Waals surface area contributed by atoms with Crippen LogP contribution in [-0.2, 0) is 14.3 Å². The van der Waals surface area contributed by atoms with E-state index < -0.39 is 12.1 Å². The normalized spacial score (nSPS) is 27.3. The number of amides is 1. The van der Waals surface area contributed by atoms with Crippen LogP contribution in [0.2, 0.25) is 0 Å². The molecule has 5 nitrogen and oxygen atoms in total. The summed E-state index contributed by atoms with van der Waals surface area (Å²) in [5, 5.41) is 11.6. The average Bonchev–Trinajstić information content (AvgIpc) is 2.65. The zero-order chi connectivity index (χ0) is 11.4. The Morgan fingerprint density at radius 2 is 2.13 bits per heavy atom. The summed E-state index contributed by atoms with van der Waals surface area (Å²) in [5.41, 5.74) is 0. The van der Waals surface area contributed by atoms with E-state index in [1.54, 1.807) is 6.92 Å². The van der Waals surface area contributed by atoms with E-state index in [4.69, 9.17) is 9.84 Å². The van der Waals surface area contributed by atoms with Crippen molar-refractivity contribution in [3.05, 3.63) is 0 Å². The van der Waals surface area contributed by atoms with Gasteiger partial charge in [0.15, 0.2) is 0 Å². The number of ether oxygens (including phenoxy) is 1. The molecule has 1 amide bonds. The highest BCUT2D eigenvalue weighted by atomic mass is 16.5. The van der Waals surface area contributed by atoms with Crippen molar-refractivity contribution in [2.45, 2.75) is 38.3 Å². The Morgan fingerprint density at radius 1 is 1.47 bits per heavy atom. The summed E-state index contributed by atoms with van der Waals surface area (Å²) >= 11 is 0. The molecule has 1 aliphatic carbocycles. The predicted molar refractivity (Wildman–Crippen MR) is 53.4 cm³/mol. The lowest BCUT2D eigenvalue weighted by Crippen LogP contribution is -2.40. The minimum Gasteiger partial charge on any atom is -0.481 e. The molecule has 1 aliphatic rings. The van der Waals surface area contributed by atoms with E-state index in [2.05, 4.69) is 5.32 Å². The summed E-state index contributed by atoms with van der Waals surface area (Å²) in [5.74, 6) is -1.26. The molecule has 0 aromatic rings. The van der Waals surface area contributed by atoms with Crippen molar-refractivity contribution in [2.75, 3.05) is 7.11 Å². The van der Waals surface area contributed by atoms with Gasteiger partial charge in [-0.2, -0.15) is 0 Å². The molecule has 1 fully saturated rings. The number of methoxy groups -OCH3 is 1. The number of hydrogen-bond donors (Lipinski definition) is 2. The van der Waals surface area contributed by atoms with Crippen LogP contribution < -0.4 is 5.32 Å². The molecule has 0 aromatic carbocycles. The highest BCUT2D eigenvalue weighted by molar-refractivity contribution is 5.80. The van der Waals surface area contributed by atoms with Crippen molar-refractivity contribution in [2.24, 2.45) is 5.92 Å². The van der Waals surface area contributed by atoms with Crippen LogP contribution in [0.5, 0.6) is 0 Å². The number of hydrogen-bond acceptors (Lipinski definition) is 3. The standard InChI is InChI=1S/C10H17NO4/c1-6(15-2)9(12)11-8-4-3-7(5-8)10(13)14/h6-8H,3-5H2,1-2H3,(H,11,12)(H,13,14).